The second-order valence-electron chi connectivity index (χ2n) is 4.32. The highest BCUT2D eigenvalue weighted by molar-refractivity contribution is 9.10. The molecule has 0 spiro atoms. The molecular formula is C15H20BrNO. The summed E-state index contributed by atoms with van der Waals surface area (Å²) >= 11 is 3.54. The minimum atomic E-state index is 0.650. The topological polar surface area (TPSA) is 25.0 Å². The first kappa shape index (κ1) is 13.6. The predicted octanol–water partition coefficient (Wildman–Crippen LogP) is 4.85. The first-order valence-electron chi connectivity index (χ1n) is 6.69. The molecule has 1 aromatic carbocycles. The van der Waals surface area contributed by atoms with Gasteiger partial charge in [-0.2, -0.15) is 0 Å². The number of nitrogens with one attached hydrogen (secondary N) is 1. The molecule has 0 unspecified atom stereocenters. The van der Waals surface area contributed by atoms with Crippen LogP contribution >= 0.6 is 15.9 Å². The van der Waals surface area contributed by atoms with Crippen LogP contribution in [0.2, 0.25) is 0 Å². The van der Waals surface area contributed by atoms with Crippen LogP contribution in [0.15, 0.2) is 28.9 Å². The molecule has 0 radical (unpaired) electrons. The van der Waals surface area contributed by atoms with E-state index < -0.39 is 0 Å². The van der Waals surface area contributed by atoms with E-state index in [1.807, 2.05) is 13.8 Å². The van der Waals surface area contributed by atoms with Gasteiger partial charge in [-0.3, -0.25) is 0 Å². The van der Waals surface area contributed by atoms with E-state index in [0.717, 1.165) is 30.5 Å². The van der Waals surface area contributed by atoms with Crippen molar-refractivity contribution in [3.63, 3.8) is 0 Å². The Morgan fingerprint density at radius 2 is 1.94 bits per heavy atom. The summed E-state index contributed by atoms with van der Waals surface area (Å²) in [5, 5.41) is 1.35. The fraction of sp³-hybridized carbons (Fsp3) is 0.467. The van der Waals surface area contributed by atoms with Gasteiger partial charge in [-0.25, -0.2) is 0 Å². The summed E-state index contributed by atoms with van der Waals surface area (Å²) < 4.78 is 6.56. The van der Waals surface area contributed by atoms with Crippen LogP contribution in [0.1, 0.15) is 38.2 Å². The second kappa shape index (κ2) is 6.39. The molecule has 1 fully saturated rings. The molecule has 1 aliphatic heterocycles. The lowest BCUT2D eigenvalue weighted by molar-refractivity contribution is 0.0856. The number of fused-ring (bicyclic) bond motifs is 1. The lowest BCUT2D eigenvalue weighted by Crippen LogP contribution is -2.13. The Balaban J connectivity index is 0.000000574. The van der Waals surface area contributed by atoms with E-state index in [2.05, 4.69) is 45.3 Å². The molecule has 98 valence electrons. The molecule has 1 aromatic heterocycles. The Bertz CT molecular complexity index is 500. The van der Waals surface area contributed by atoms with Crippen molar-refractivity contribution >= 4 is 26.8 Å². The summed E-state index contributed by atoms with van der Waals surface area (Å²) in [5.74, 6) is 0.650. The molecule has 0 amide bonds. The van der Waals surface area contributed by atoms with Crippen LogP contribution in [0.5, 0.6) is 0 Å². The number of hydrogen-bond donors (Lipinski definition) is 1. The Hall–Kier alpha value is -0.800. The summed E-state index contributed by atoms with van der Waals surface area (Å²) in [6.45, 7) is 5.79. The molecule has 0 aliphatic carbocycles. The first-order valence-corrected chi connectivity index (χ1v) is 7.48. The number of halogens is 1. The average molecular weight is 310 g/mol. The minimum Gasteiger partial charge on any atom is -0.381 e. The van der Waals surface area contributed by atoms with Crippen molar-refractivity contribution in [2.45, 2.75) is 32.6 Å². The monoisotopic (exact) mass is 309 g/mol. The van der Waals surface area contributed by atoms with Gasteiger partial charge in [-0.1, -0.05) is 29.8 Å². The van der Waals surface area contributed by atoms with Gasteiger partial charge in [0.2, 0.25) is 0 Å². The van der Waals surface area contributed by atoms with E-state index >= 15 is 0 Å². The van der Waals surface area contributed by atoms with Gasteiger partial charge in [-0.05, 0) is 42.5 Å². The fourth-order valence-electron chi connectivity index (χ4n) is 2.46. The first-order chi connectivity index (χ1) is 8.84. The van der Waals surface area contributed by atoms with Crippen molar-refractivity contribution in [1.29, 1.82) is 0 Å². The molecule has 0 atom stereocenters. The number of rotatable bonds is 1. The van der Waals surface area contributed by atoms with Gasteiger partial charge in [0.25, 0.3) is 0 Å². The van der Waals surface area contributed by atoms with Gasteiger partial charge in [0, 0.05) is 34.8 Å². The van der Waals surface area contributed by atoms with Crippen LogP contribution < -0.4 is 0 Å². The van der Waals surface area contributed by atoms with Crippen LogP contribution in [0.4, 0.5) is 0 Å². The maximum absolute atomic E-state index is 5.41. The van der Waals surface area contributed by atoms with Crippen LogP contribution in [-0.4, -0.2) is 18.2 Å². The quantitative estimate of drug-likeness (QED) is 0.800. The number of aromatic nitrogens is 1. The predicted molar refractivity (Wildman–Crippen MR) is 80.1 cm³/mol. The maximum Gasteiger partial charge on any atom is 0.0471 e. The minimum absolute atomic E-state index is 0.650. The van der Waals surface area contributed by atoms with E-state index in [4.69, 9.17) is 4.74 Å². The Morgan fingerprint density at radius 3 is 2.67 bits per heavy atom. The molecule has 3 heteroatoms. The standard InChI is InChI=1S/C13H14BrNO.C2H6/c14-10-1-2-13-11(7-10)12(8-15-13)9-3-5-16-6-4-9;1-2/h1-2,7-9,15H,3-6H2;1-2H3. The molecule has 18 heavy (non-hydrogen) atoms. The van der Waals surface area contributed by atoms with Gasteiger partial charge < -0.3 is 9.72 Å². The second-order valence-corrected chi connectivity index (χ2v) is 5.24. The Morgan fingerprint density at radius 1 is 1.22 bits per heavy atom. The molecule has 0 bridgehead atoms. The van der Waals surface area contributed by atoms with Crippen molar-refractivity contribution in [2.75, 3.05) is 13.2 Å². The Kier molecular flexibility index (Phi) is 4.84. The van der Waals surface area contributed by atoms with Crippen molar-refractivity contribution in [3.05, 3.63) is 34.4 Å². The SMILES string of the molecule is Brc1ccc2[nH]cc(C3CCOCC3)c2c1.CC. The third-order valence-corrected chi connectivity index (χ3v) is 3.83. The summed E-state index contributed by atoms with van der Waals surface area (Å²) in [4.78, 5) is 3.35. The molecule has 1 saturated heterocycles. The summed E-state index contributed by atoms with van der Waals surface area (Å²) in [6.07, 6.45) is 4.44. The number of H-pyrrole nitrogens is 1. The zero-order chi connectivity index (χ0) is 13.0. The number of ether oxygens (including phenoxy) is 1. The van der Waals surface area contributed by atoms with Crippen molar-refractivity contribution in [1.82, 2.24) is 4.98 Å². The van der Waals surface area contributed by atoms with Gasteiger partial charge in [0.15, 0.2) is 0 Å². The van der Waals surface area contributed by atoms with Crippen LogP contribution in [-0.2, 0) is 4.74 Å². The van der Waals surface area contributed by atoms with E-state index in [-0.39, 0.29) is 0 Å². The maximum atomic E-state index is 5.41. The van der Waals surface area contributed by atoms with E-state index in [1.54, 1.807) is 0 Å². The molecule has 0 saturated carbocycles. The van der Waals surface area contributed by atoms with Gasteiger partial charge in [-0.15, -0.1) is 0 Å². The lowest BCUT2D eigenvalue weighted by atomic mass is 9.91. The number of hydrogen-bond acceptors (Lipinski definition) is 1. The Labute approximate surface area is 117 Å². The summed E-state index contributed by atoms with van der Waals surface area (Å²) in [5.41, 5.74) is 2.67. The average Bonchev–Trinajstić information content (AvgIpc) is 2.85. The van der Waals surface area contributed by atoms with E-state index in [9.17, 15) is 0 Å². The zero-order valence-corrected chi connectivity index (χ0v) is 12.6. The lowest BCUT2D eigenvalue weighted by Gasteiger charge is -2.21. The molecule has 1 aliphatic rings. The largest absolute Gasteiger partial charge is 0.381 e. The number of aromatic amines is 1. The molecule has 2 heterocycles. The molecule has 1 N–H and O–H groups in total. The smallest absolute Gasteiger partial charge is 0.0471 e. The van der Waals surface area contributed by atoms with Crippen LogP contribution in [0.3, 0.4) is 0 Å². The van der Waals surface area contributed by atoms with Crippen LogP contribution in [0, 0.1) is 0 Å². The highest BCUT2D eigenvalue weighted by atomic mass is 79.9. The van der Waals surface area contributed by atoms with Crippen molar-refractivity contribution in [3.8, 4) is 0 Å². The van der Waals surface area contributed by atoms with Gasteiger partial charge in [0.05, 0.1) is 0 Å². The van der Waals surface area contributed by atoms with Gasteiger partial charge in [0.1, 0.15) is 0 Å². The molecule has 2 nitrogen and oxygen atoms in total. The summed E-state index contributed by atoms with van der Waals surface area (Å²) in [6, 6.07) is 6.41. The fourth-order valence-corrected chi connectivity index (χ4v) is 2.82. The third-order valence-electron chi connectivity index (χ3n) is 3.34. The van der Waals surface area contributed by atoms with E-state index in [1.165, 1.54) is 16.5 Å². The van der Waals surface area contributed by atoms with Gasteiger partial charge >= 0.3 is 0 Å². The van der Waals surface area contributed by atoms with Crippen LogP contribution in [0.25, 0.3) is 10.9 Å². The molecule has 2 aromatic rings. The molecular weight excluding hydrogens is 290 g/mol. The zero-order valence-electron chi connectivity index (χ0n) is 11.0. The van der Waals surface area contributed by atoms with E-state index in [0.29, 0.717) is 5.92 Å². The normalized spacial score (nSPS) is 16.4. The van der Waals surface area contributed by atoms with Crippen molar-refractivity contribution < 1.29 is 4.74 Å². The van der Waals surface area contributed by atoms with Crippen molar-refractivity contribution in [2.24, 2.45) is 0 Å². The highest BCUT2D eigenvalue weighted by Gasteiger charge is 2.18. The third kappa shape index (κ3) is 2.78. The number of benzene rings is 1. The highest BCUT2D eigenvalue weighted by Crippen LogP contribution is 2.33. The summed E-state index contributed by atoms with van der Waals surface area (Å²) in [7, 11) is 0. The molecule has 3 rings (SSSR count).